The predicted octanol–water partition coefficient (Wildman–Crippen LogP) is 7.83. The van der Waals surface area contributed by atoms with Crippen molar-refractivity contribution in [2.45, 2.75) is 146 Å². The van der Waals surface area contributed by atoms with Gasteiger partial charge in [0.15, 0.2) is 5.13 Å². The van der Waals surface area contributed by atoms with Gasteiger partial charge in [0, 0.05) is 41.5 Å². The number of pyridine rings is 1. The molecule has 4 fully saturated rings. The second kappa shape index (κ2) is 18.1. The van der Waals surface area contributed by atoms with E-state index < -0.39 is 48.7 Å². The summed E-state index contributed by atoms with van der Waals surface area (Å²) in [7, 11) is -2.19. The zero-order valence-corrected chi connectivity index (χ0v) is 35.9. The van der Waals surface area contributed by atoms with Crippen LogP contribution in [0.15, 0.2) is 29.6 Å². The molecular weight excluding hydrogens is 780 g/mol. The molecule has 58 heavy (non-hydrogen) atoms. The van der Waals surface area contributed by atoms with Gasteiger partial charge in [-0.05, 0) is 83.3 Å². The Labute approximate surface area is 345 Å². The number of hydrogen-bond acceptors (Lipinski definition) is 11. The Morgan fingerprint density at radius 3 is 2.52 bits per heavy atom. The van der Waals surface area contributed by atoms with Gasteiger partial charge in [-0.1, -0.05) is 39.0 Å². The number of methoxy groups -OCH3 is 1. The molecule has 2 aliphatic heterocycles. The SMILES string of the molecule is CCCP(=O)(O)[C@@]12C[C@@H]1CCCCCCC[C@H](NC(=O)OC1CCCC1)C(=O)N1C[C@H](Oc3cc(-c4csc(NC(C)C)n4)nc4cc(OC)ccc34)C[C@H]1C(=O)N2. The first-order chi connectivity index (χ1) is 27.9. The van der Waals surface area contributed by atoms with E-state index in [1.807, 2.05) is 50.4 Å². The van der Waals surface area contributed by atoms with E-state index in [2.05, 4.69) is 16.0 Å². The van der Waals surface area contributed by atoms with Crippen LogP contribution in [0.2, 0.25) is 0 Å². The molecule has 16 heteroatoms. The molecule has 2 aliphatic carbocycles. The minimum Gasteiger partial charge on any atom is -0.497 e. The van der Waals surface area contributed by atoms with Gasteiger partial charge >= 0.3 is 6.09 Å². The largest absolute Gasteiger partial charge is 0.497 e. The van der Waals surface area contributed by atoms with Crippen molar-refractivity contribution in [3.8, 4) is 22.9 Å². The van der Waals surface area contributed by atoms with Crippen molar-refractivity contribution in [2.75, 3.05) is 25.1 Å². The third-order valence-corrected chi connectivity index (χ3v) is 15.8. The average Bonchev–Trinajstić information content (AvgIpc) is 3.60. The molecule has 0 bridgehead atoms. The minimum absolute atomic E-state index is 0.0589. The van der Waals surface area contributed by atoms with Crippen LogP contribution in [0.3, 0.4) is 0 Å². The van der Waals surface area contributed by atoms with Crippen LogP contribution in [-0.4, -0.2) is 93.1 Å². The number of fused-ring (bicyclic) bond motifs is 3. The highest BCUT2D eigenvalue weighted by atomic mass is 32.1. The number of amides is 3. The van der Waals surface area contributed by atoms with Gasteiger partial charge in [0.2, 0.25) is 19.2 Å². The first-order valence-corrected chi connectivity index (χ1v) is 23.9. The van der Waals surface area contributed by atoms with Crippen molar-refractivity contribution in [1.29, 1.82) is 0 Å². The minimum atomic E-state index is -3.79. The van der Waals surface area contributed by atoms with Crippen LogP contribution in [0.4, 0.5) is 9.93 Å². The van der Waals surface area contributed by atoms with Gasteiger partial charge in [-0.15, -0.1) is 11.3 Å². The number of ether oxygens (including phenoxy) is 3. The molecule has 3 amide bonds. The number of hydrogen-bond donors (Lipinski definition) is 4. The van der Waals surface area contributed by atoms with E-state index >= 15 is 0 Å². The van der Waals surface area contributed by atoms with Crippen LogP contribution in [0.25, 0.3) is 22.3 Å². The summed E-state index contributed by atoms with van der Waals surface area (Å²) in [4.78, 5) is 65.2. The van der Waals surface area contributed by atoms with E-state index in [0.717, 1.165) is 68.3 Å². The van der Waals surface area contributed by atoms with Gasteiger partial charge in [0.25, 0.3) is 0 Å². The number of rotatable bonds is 11. The average molecular weight is 839 g/mol. The fraction of sp³-hybridized carbons (Fsp3) is 0.643. The van der Waals surface area contributed by atoms with Gasteiger partial charge in [-0.25, -0.2) is 14.8 Å². The molecule has 2 saturated carbocycles. The number of nitrogens with zero attached hydrogens (tertiary/aromatic N) is 3. The molecule has 1 aromatic carbocycles. The van der Waals surface area contributed by atoms with Crippen LogP contribution >= 0.6 is 18.7 Å². The third kappa shape index (κ3) is 9.42. The first kappa shape index (κ1) is 42.2. The first-order valence-electron chi connectivity index (χ1n) is 21.2. The number of anilines is 1. The van der Waals surface area contributed by atoms with E-state index in [4.69, 9.17) is 24.2 Å². The number of thiazole rings is 1. The molecular formula is C42H59N6O8PS. The number of nitrogens with one attached hydrogen (secondary N) is 3. The molecule has 4 N–H and O–H groups in total. The molecule has 6 atom stereocenters. The normalized spacial score (nSPS) is 26.8. The van der Waals surface area contributed by atoms with E-state index in [9.17, 15) is 23.8 Å². The van der Waals surface area contributed by atoms with Crippen molar-refractivity contribution >= 4 is 52.6 Å². The molecule has 0 radical (unpaired) electrons. The summed E-state index contributed by atoms with van der Waals surface area (Å²) < 4.78 is 32.0. The summed E-state index contributed by atoms with van der Waals surface area (Å²) >= 11 is 1.48. The molecule has 316 valence electrons. The van der Waals surface area contributed by atoms with Crippen molar-refractivity contribution < 1.29 is 38.1 Å². The summed E-state index contributed by atoms with van der Waals surface area (Å²) in [6, 6.07) is 5.64. The van der Waals surface area contributed by atoms with Crippen LogP contribution in [0.5, 0.6) is 11.5 Å². The fourth-order valence-corrected chi connectivity index (χ4v) is 12.3. The lowest BCUT2D eigenvalue weighted by Gasteiger charge is -2.31. The maximum Gasteiger partial charge on any atom is 0.408 e. The lowest BCUT2D eigenvalue weighted by molar-refractivity contribution is -0.140. The molecule has 2 aromatic heterocycles. The zero-order chi connectivity index (χ0) is 41.0. The number of carbonyl (C=O) groups is 3. The molecule has 4 aliphatic rings. The molecule has 4 heterocycles. The highest BCUT2D eigenvalue weighted by molar-refractivity contribution is 7.60. The van der Waals surface area contributed by atoms with Crippen LogP contribution in [0.1, 0.15) is 111 Å². The molecule has 7 rings (SSSR count). The number of aromatic nitrogens is 2. The second-order valence-electron chi connectivity index (χ2n) is 16.8. The van der Waals surface area contributed by atoms with Crippen LogP contribution in [-0.2, 0) is 18.9 Å². The lowest BCUT2D eigenvalue weighted by Crippen LogP contribution is -2.55. The molecule has 1 unspecified atom stereocenters. The zero-order valence-electron chi connectivity index (χ0n) is 34.2. The highest BCUT2D eigenvalue weighted by Crippen LogP contribution is 2.70. The van der Waals surface area contributed by atoms with Crippen molar-refractivity contribution in [3.63, 3.8) is 0 Å². The fourth-order valence-electron chi connectivity index (χ4n) is 8.98. The standard InChI is InChI=1S/C42H59N6O8PS/c1-5-19-57(52,53)42-23-27(42)13-9-7-6-8-10-16-32(46-41(51)56-28-14-11-12-15-28)39(50)48-24-30(21-36(48)38(49)47-42)55-37-22-34(35-25-58-40(45-35)43-26(2)3)44-33-20-29(54-4)17-18-31(33)37/h17-18,20,22,25-28,30,32,36H,5-16,19,21,23-24H2,1-4H3,(H,43,45)(H,46,51)(H,47,49)(H,52,53)/t27-,30+,32-,36-,42-/m0/s1. The van der Waals surface area contributed by atoms with Gasteiger partial charge < -0.3 is 40.0 Å². The Kier molecular flexibility index (Phi) is 13.2. The Hall–Kier alpha value is -3.94. The Bertz CT molecular complexity index is 2010. The van der Waals surface area contributed by atoms with Crippen LogP contribution in [0, 0.1) is 5.92 Å². The summed E-state index contributed by atoms with van der Waals surface area (Å²) in [5.74, 6) is 0.142. The highest BCUT2D eigenvalue weighted by Gasteiger charge is 2.66. The monoisotopic (exact) mass is 838 g/mol. The summed E-state index contributed by atoms with van der Waals surface area (Å²) in [5, 5.41) is 11.5. The van der Waals surface area contributed by atoms with E-state index in [1.165, 1.54) is 16.2 Å². The Morgan fingerprint density at radius 1 is 1.03 bits per heavy atom. The number of benzene rings is 1. The quantitative estimate of drug-likeness (QED) is 0.138. The van der Waals surface area contributed by atoms with Gasteiger partial charge in [0.05, 0.1) is 24.9 Å². The summed E-state index contributed by atoms with van der Waals surface area (Å²) in [5.41, 5.74) is 1.88. The van der Waals surface area contributed by atoms with Crippen molar-refractivity contribution in [2.24, 2.45) is 5.92 Å². The Balaban J connectivity index is 1.21. The van der Waals surface area contributed by atoms with Crippen molar-refractivity contribution in [1.82, 2.24) is 25.5 Å². The third-order valence-electron chi connectivity index (χ3n) is 12.1. The maximum absolute atomic E-state index is 14.7. The summed E-state index contributed by atoms with van der Waals surface area (Å²) in [6.45, 7) is 6.02. The van der Waals surface area contributed by atoms with Crippen molar-refractivity contribution in [3.05, 3.63) is 29.6 Å². The topological polar surface area (TPSA) is 181 Å². The lowest BCUT2D eigenvalue weighted by atomic mass is 10.0. The maximum atomic E-state index is 14.7. The molecule has 0 spiro atoms. The predicted molar refractivity (Wildman–Crippen MR) is 225 cm³/mol. The smallest absolute Gasteiger partial charge is 0.408 e. The molecule has 14 nitrogen and oxygen atoms in total. The van der Waals surface area contributed by atoms with E-state index in [0.29, 0.717) is 54.1 Å². The van der Waals surface area contributed by atoms with E-state index in [-0.39, 0.29) is 37.2 Å². The van der Waals surface area contributed by atoms with E-state index in [1.54, 1.807) is 7.11 Å². The number of carbonyl (C=O) groups excluding carboxylic acids is 3. The molecule has 3 aromatic rings. The summed E-state index contributed by atoms with van der Waals surface area (Å²) in [6.07, 6.45) is 8.83. The number of alkyl carbamates (subject to hydrolysis) is 1. The van der Waals surface area contributed by atoms with Crippen LogP contribution < -0.4 is 25.4 Å². The van der Waals surface area contributed by atoms with Gasteiger partial charge in [-0.2, -0.15) is 0 Å². The molecule has 2 saturated heterocycles. The van der Waals surface area contributed by atoms with Gasteiger partial charge in [0.1, 0.15) is 46.8 Å². The Morgan fingerprint density at radius 2 is 1.78 bits per heavy atom. The second-order valence-corrected chi connectivity index (χ2v) is 20.3. The van der Waals surface area contributed by atoms with Gasteiger partial charge in [-0.3, -0.25) is 14.2 Å².